The Kier molecular flexibility index (Phi) is 3.64. The fourth-order valence-corrected chi connectivity index (χ4v) is 2.42. The topological polar surface area (TPSA) is 68.8 Å². The van der Waals surface area contributed by atoms with Crippen molar-refractivity contribution in [2.24, 2.45) is 5.92 Å². The molecule has 1 aliphatic carbocycles. The third kappa shape index (κ3) is 2.80. The molecule has 1 aromatic rings. The Bertz CT molecular complexity index is 502. The molecule has 0 bridgehead atoms. The summed E-state index contributed by atoms with van der Waals surface area (Å²) >= 11 is 0. The molecule has 6 nitrogen and oxygen atoms in total. The molecule has 108 valence electrons. The summed E-state index contributed by atoms with van der Waals surface area (Å²) in [4.78, 5) is 16.3. The van der Waals surface area contributed by atoms with Crippen LogP contribution in [0.15, 0.2) is 18.2 Å². The number of carbonyl (C=O) groups is 1. The second-order valence-electron chi connectivity index (χ2n) is 5.00. The van der Waals surface area contributed by atoms with E-state index in [1.54, 1.807) is 0 Å². The van der Waals surface area contributed by atoms with Crippen LogP contribution in [0.3, 0.4) is 0 Å². The van der Waals surface area contributed by atoms with E-state index in [0.717, 1.165) is 29.9 Å². The van der Waals surface area contributed by atoms with Gasteiger partial charge in [0.2, 0.25) is 0 Å². The van der Waals surface area contributed by atoms with E-state index < -0.39 is 0 Å². The molecule has 0 aromatic heterocycles. The number of benzene rings is 1. The maximum Gasteiger partial charge on any atom is 0.339 e. The first-order valence-corrected chi connectivity index (χ1v) is 6.77. The first-order chi connectivity index (χ1) is 9.78. The maximum atomic E-state index is 11.6. The number of amides is 2. The predicted molar refractivity (Wildman–Crippen MR) is 71.6 cm³/mol. The lowest BCUT2D eigenvalue weighted by molar-refractivity contribution is 0.105. The van der Waals surface area contributed by atoms with Crippen LogP contribution in [-0.4, -0.2) is 26.4 Å². The maximum absolute atomic E-state index is 11.6. The molecule has 1 fully saturated rings. The Labute approximate surface area is 117 Å². The highest BCUT2D eigenvalue weighted by atomic mass is 16.6. The van der Waals surface area contributed by atoms with Gasteiger partial charge in [-0.2, -0.15) is 0 Å². The van der Waals surface area contributed by atoms with E-state index in [2.05, 4.69) is 15.6 Å². The van der Waals surface area contributed by atoms with Crippen LogP contribution in [0.1, 0.15) is 24.4 Å². The van der Waals surface area contributed by atoms with E-state index in [1.807, 2.05) is 18.2 Å². The fraction of sp³-hybridized carbons (Fsp3) is 0.500. The summed E-state index contributed by atoms with van der Waals surface area (Å²) in [5, 5.41) is 2.93. The summed E-state index contributed by atoms with van der Waals surface area (Å²) in [5.41, 5.74) is 3.32. The Morgan fingerprint density at radius 3 is 2.75 bits per heavy atom. The molecule has 20 heavy (non-hydrogen) atoms. The van der Waals surface area contributed by atoms with E-state index in [-0.39, 0.29) is 12.1 Å². The second kappa shape index (κ2) is 5.58. The van der Waals surface area contributed by atoms with Crippen molar-refractivity contribution in [2.75, 3.05) is 20.3 Å². The summed E-state index contributed by atoms with van der Waals surface area (Å²) < 4.78 is 11.1. The molecule has 1 atom stereocenters. The molecule has 1 aromatic carbocycles. The molecule has 1 heterocycles. The van der Waals surface area contributed by atoms with Gasteiger partial charge in [0.1, 0.15) is 13.2 Å². The van der Waals surface area contributed by atoms with E-state index in [1.165, 1.54) is 7.11 Å². The van der Waals surface area contributed by atoms with Crippen LogP contribution in [-0.2, 0) is 4.84 Å². The highest BCUT2D eigenvalue weighted by molar-refractivity contribution is 5.73. The van der Waals surface area contributed by atoms with E-state index >= 15 is 0 Å². The van der Waals surface area contributed by atoms with Crippen LogP contribution in [0.2, 0.25) is 0 Å². The molecule has 1 saturated carbocycles. The Balaban J connectivity index is 1.78. The van der Waals surface area contributed by atoms with Crippen molar-refractivity contribution in [3.63, 3.8) is 0 Å². The lowest BCUT2D eigenvalue weighted by Crippen LogP contribution is -2.38. The Hall–Kier alpha value is -1.95. The van der Waals surface area contributed by atoms with Crippen molar-refractivity contribution in [2.45, 2.75) is 18.9 Å². The summed E-state index contributed by atoms with van der Waals surface area (Å²) in [5.74, 6) is 1.98. The van der Waals surface area contributed by atoms with Crippen molar-refractivity contribution in [3.05, 3.63) is 23.8 Å². The van der Waals surface area contributed by atoms with Gasteiger partial charge in [0.25, 0.3) is 0 Å². The molecule has 1 aliphatic heterocycles. The average Bonchev–Trinajstić information content (AvgIpc) is 3.29. The SMILES string of the molecule is CONC(=O)NC(c1ccc2c(c1)OCCO2)C1CC1. The Morgan fingerprint density at radius 2 is 2.05 bits per heavy atom. The lowest BCUT2D eigenvalue weighted by Gasteiger charge is -2.23. The summed E-state index contributed by atoms with van der Waals surface area (Å²) in [6, 6.07) is 5.46. The molecule has 1 unspecified atom stereocenters. The van der Waals surface area contributed by atoms with E-state index in [9.17, 15) is 4.79 Å². The minimum Gasteiger partial charge on any atom is -0.486 e. The van der Waals surface area contributed by atoms with Crippen LogP contribution in [0.5, 0.6) is 11.5 Å². The van der Waals surface area contributed by atoms with Crippen molar-refractivity contribution >= 4 is 6.03 Å². The van der Waals surface area contributed by atoms with Crippen LogP contribution < -0.4 is 20.3 Å². The first kappa shape index (κ1) is 13.1. The molecule has 0 saturated heterocycles. The standard InChI is InChI=1S/C14H18N2O4/c1-18-16-14(17)15-13(9-2-3-9)10-4-5-11-12(8-10)20-7-6-19-11/h4-5,8-9,13H,2-3,6-7H2,1H3,(H2,15,16,17). The largest absolute Gasteiger partial charge is 0.486 e. The molecule has 3 rings (SSSR count). The molecule has 6 heteroatoms. The average molecular weight is 278 g/mol. The number of fused-ring (bicyclic) bond motifs is 1. The molecule has 2 aliphatic rings. The number of hydrogen-bond donors (Lipinski definition) is 2. The summed E-state index contributed by atoms with van der Waals surface area (Å²) in [7, 11) is 1.41. The molecule has 2 amide bonds. The zero-order valence-electron chi connectivity index (χ0n) is 11.3. The van der Waals surface area contributed by atoms with Gasteiger partial charge in [0.05, 0.1) is 13.2 Å². The number of urea groups is 1. The zero-order chi connectivity index (χ0) is 13.9. The van der Waals surface area contributed by atoms with Gasteiger partial charge < -0.3 is 14.8 Å². The fourth-order valence-electron chi connectivity index (χ4n) is 2.42. The van der Waals surface area contributed by atoms with Gasteiger partial charge >= 0.3 is 6.03 Å². The third-order valence-electron chi connectivity index (χ3n) is 3.50. The number of hydrogen-bond acceptors (Lipinski definition) is 4. The van der Waals surface area contributed by atoms with Gasteiger partial charge in [-0.1, -0.05) is 6.07 Å². The predicted octanol–water partition coefficient (Wildman–Crippen LogP) is 1.77. The van der Waals surface area contributed by atoms with Gasteiger partial charge in [-0.3, -0.25) is 4.84 Å². The minimum atomic E-state index is -0.334. The highest BCUT2D eigenvalue weighted by Gasteiger charge is 2.34. The molecular weight excluding hydrogens is 260 g/mol. The van der Waals surface area contributed by atoms with Crippen LogP contribution in [0.25, 0.3) is 0 Å². The third-order valence-corrected chi connectivity index (χ3v) is 3.50. The highest BCUT2D eigenvalue weighted by Crippen LogP contribution is 2.43. The number of carbonyl (C=O) groups excluding carboxylic acids is 1. The molecule has 0 radical (unpaired) electrons. The van der Waals surface area contributed by atoms with E-state index in [4.69, 9.17) is 9.47 Å². The quantitative estimate of drug-likeness (QED) is 0.824. The van der Waals surface area contributed by atoms with Crippen molar-refractivity contribution in [3.8, 4) is 11.5 Å². The van der Waals surface area contributed by atoms with Crippen LogP contribution in [0.4, 0.5) is 4.79 Å². The number of hydroxylamine groups is 1. The molecule has 2 N–H and O–H groups in total. The van der Waals surface area contributed by atoms with Crippen LogP contribution >= 0.6 is 0 Å². The summed E-state index contributed by atoms with van der Waals surface area (Å²) in [6.45, 7) is 1.13. The minimum absolute atomic E-state index is 0.0269. The number of nitrogens with one attached hydrogen (secondary N) is 2. The zero-order valence-corrected chi connectivity index (χ0v) is 11.3. The Morgan fingerprint density at radius 1 is 1.30 bits per heavy atom. The number of rotatable bonds is 4. The first-order valence-electron chi connectivity index (χ1n) is 6.77. The number of ether oxygens (including phenoxy) is 2. The lowest BCUT2D eigenvalue weighted by atomic mass is 10.0. The van der Waals surface area contributed by atoms with Gasteiger partial charge in [-0.05, 0) is 36.5 Å². The normalized spacial score (nSPS) is 18.2. The van der Waals surface area contributed by atoms with Gasteiger partial charge in [0, 0.05) is 0 Å². The van der Waals surface area contributed by atoms with Crippen LogP contribution in [0, 0.1) is 5.92 Å². The molecular formula is C14H18N2O4. The van der Waals surface area contributed by atoms with Gasteiger partial charge in [-0.15, -0.1) is 0 Å². The van der Waals surface area contributed by atoms with Crippen molar-refractivity contribution < 1.29 is 19.1 Å². The smallest absolute Gasteiger partial charge is 0.339 e. The van der Waals surface area contributed by atoms with Crippen molar-refractivity contribution in [1.82, 2.24) is 10.8 Å². The molecule has 0 spiro atoms. The second-order valence-corrected chi connectivity index (χ2v) is 5.00. The van der Waals surface area contributed by atoms with Gasteiger partial charge in [0.15, 0.2) is 11.5 Å². The summed E-state index contributed by atoms with van der Waals surface area (Å²) in [6.07, 6.45) is 2.23. The van der Waals surface area contributed by atoms with Gasteiger partial charge in [-0.25, -0.2) is 10.3 Å². The monoisotopic (exact) mass is 278 g/mol. The van der Waals surface area contributed by atoms with Crippen molar-refractivity contribution in [1.29, 1.82) is 0 Å². The van der Waals surface area contributed by atoms with E-state index in [0.29, 0.717) is 19.1 Å².